The molecule has 1 heterocycles. The van der Waals surface area contributed by atoms with Crippen LogP contribution in [0.3, 0.4) is 0 Å². The second-order valence-corrected chi connectivity index (χ2v) is 5.93. The fourth-order valence-corrected chi connectivity index (χ4v) is 2.84. The van der Waals surface area contributed by atoms with Crippen molar-refractivity contribution in [3.8, 4) is 17.2 Å². The highest BCUT2D eigenvalue weighted by Crippen LogP contribution is 2.26. The molecule has 3 rings (SSSR count). The highest BCUT2D eigenvalue weighted by molar-refractivity contribution is 5.94. The van der Waals surface area contributed by atoms with Gasteiger partial charge in [0.15, 0.2) is 11.5 Å². The third-order valence-electron chi connectivity index (χ3n) is 4.26. The highest BCUT2D eigenvalue weighted by atomic mass is 16.5. The summed E-state index contributed by atoms with van der Waals surface area (Å²) in [6, 6.07) is 14.6. The summed E-state index contributed by atoms with van der Waals surface area (Å²) in [6.07, 6.45) is -0.184. The topological polar surface area (TPSA) is 57.2 Å². The molecule has 1 unspecified atom stereocenters. The number of methoxy groups -OCH3 is 2. The van der Waals surface area contributed by atoms with Gasteiger partial charge in [-0.05, 0) is 36.4 Å². The summed E-state index contributed by atoms with van der Waals surface area (Å²) in [6.45, 7) is 1.89. The lowest BCUT2D eigenvalue weighted by molar-refractivity contribution is -0.0403. The van der Waals surface area contributed by atoms with Crippen LogP contribution in [-0.2, 0) is 4.74 Å². The van der Waals surface area contributed by atoms with E-state index in [1.165, 1.54) is 0 Å². The summed E-state index contributed by atoms with van der Waals surface area (Å²) >= 11 is 0. The molecular weight excluding hydrogens is 334 g/mol. The molecule has 0 bridgehead atoms. The van der Waals surface area contributed by atoms with Crippen LogP contribution >= 0.6 is 0 Å². The number of ether oxygens (including phenoxy) is 4. The Morgan fingerprint density at radius 3 is 2.50 bits per heavy atom. The van der Waals surface area contributed by atoms with Crippen molar-refractivity contribution in [2.45, 2.75) is 6.10 Å². The molecule has 1 atom stereocenters. The Bertz CT molecular complexity index is 731. The average molecular weight is 357 g/mol. The van der Waals surface area contributed by atoms with E-state index in [9.17, 15) is 4.79 Å². The zero-order valence-electron chi connectivity index (χ0n) is 15.0. The SMILES string of the molecule is COc1ccc(C(=O)N2CCOC(COc3ccccc3OC)C2)cc1. The van der Waals surface area contributed by atoms with E-state index in [2.05, 4.69) is 0 Å². The summed E-state index contributed by atoms with van der Waals surface area (Å²) in [7, 11) is 3.21. The van der Waals surface area contributed by atoms with Crippen molar-refractivity contribution in [2.75, 3.05) is 40.5 Å². The Morgan fingerprint density at radius 1 is 1.08 bits per heavy atom. The maximum atomic E-state index is 12.7. The predicted molar refractivity (Wildman–Crippen MR) is 97.1 cm³/mol. The summed E-state index contributed by atoms with van der Waals surface area (Å²) in [5.74, 6) is 2.05. The highest BCUT2D eigenvalue weighted by Gasteiger charge is 2.25. The Morgan fingerprint density at radius 2 is 1.81 bits per heavy atom. The third-order valence-corrected chi connectivity index (χ3v) is 4.26. The van der Waals surface area contributed by atoms with Gasteiger partial charge >= 0.3 is 0 Å². The first-order valence-corrected chi connectivity index (χ1v) is 8.52. The van der Waals surface area contributed by atoms with Crippen molar-refractivity contribution in [1.29, 1.82) is 0 Å². The first-order valence-electron chi connectivity index (χ1n) is 8.52. The molecule has 0 aromatic heterocycles. The predicted octanol–water partition coefficient (Wildman–Crippen LogP) is 2.62. The molecule has 26 heavy (non-hydrogen) atoms. The van der Waals surface area contributed by atoms with E-state index in [4.69, 9.17) is 18.9 Å². The van der Waals surface area contributed by atoms with Gasteiger partial charge in [-0.15, -0.1) is 0 Å². The first-order chi connectivity index (χ1) is 12.7. The number of hydrogen-bond acceptors (Lipinski definition) is 5. The quantitative estimate of drug-likeness (QED) is 0.795. The molecule has 2 aromatic carbocycles. The van der Waals surface area contributed by atoms with Crippen LogP contribution in [-0.4, -0.2) is 57.4 Å². The van der Waals surface area contributed by atoms with Crippen molar-refractivity contribution in [1.82, 2.24) is 4.90 Å². The molecule has 6 nitrogen and oxygen atoms in total. The second kappa shape index (κ2) is 8.58. The number of morpholine rings is 1. The Labute approximate surface area is 153 Å². The summed E-state index contributed by atoms with van der Waals surface area (Å²) in [5, 5.41) is 0. The van der Waals surface area contributed by atoms with Crippen LogP contribution in [0.15, 0.2) is 48.5 Å². The van der Waals surface area contributed by atoms with Gasteiger partial charge in [-0.1, -0.05) is 12.1 Å². The van der Waals surface area contributed by atoms with E-state index < -0.39 is 0 Å². The number of carbonyl (C=O) groups is 1. The Balaban J connectivity index is 1.59. The molecule has 0 radical (unpaired) electrons. The van der Waals surface area contributed by atoms with Gasteiger partial charge in [-0.25, -0.2) is 0 Å². The van der Waals surface area contributed by atoms with Crippen molar-refractivity contribution in [3.05, 3.63) is 54.1 Å². The molecule has 1 fully saturated rings. The lowest BCUT2D eigenvalue weighted by Crippen LogP contribution is -2.47. The minimum atomic E-state index is -0.184. The fourth-order valence-electron chi connectivity index (χ4n) is 2.84. The molecule has 0 saturated carbocycles. The first kappa shape index (κ1) is 18.1. The number of carbonyl (C=O) groups excluding carboxylic acids is 1. The Kier molecular flexibility index (Phi) is 5.96. The lowest BCUT2D eigenvalue weighted by atomic mass is 10.1. The number of rotatable bonds is 6. The largest absolute Gasteiger partial charge is 0.497 e. The molecule has 1 aliphatic rings. The maximum absolute atomic E-state index is 12.7. The summed E-state index contributed by atoms with van der Waals surface area (Å²) in [5.41, 5.74) is 0.636. The van der Waals surface area contributed by atoms with Crippen LogP contribution in [0, 0.1) is 0 Å². The monoisotopic (exact) mass is 357 g/mol. The standard InChI is InChI=1S/C20H23NO5/c1-23-16-9-7-15(8-10-16)20(22)21-11-12-25-17(13-21)14-26-19-6-4-3-5-18(19)24-2/h3-10,17H,11-14H2,1-2H3. The van der Waals surface area contributed by atoms with E-state index in [1.54, 1.807) is 43.4 Å². The van der Waals surface area contributed by atoms with E-state index in [1.807, 2.05) is 24.3 Å². The minimum absolute atomic E-state index is 0.0155. The van der Waals surface area contributed by atoms with Gasteiger partial charge in [0.05, 0.1) is 27.4 Å². The zero-order chi connectivity index (χ0) is 18.4. The molecule has 1 saturated heterocycles. The van der Waals surface area contributed by atoms with Gasteiger partial charge in [0.2, 0.25) is 0 Å². The number of benzene rings is 2. The van der Waals surface area contributed by atoms with E-state index in [0.29, 0.717) is 43.4 Å². The number of hydrogen-bond donors (Lipinski definition) is 0. The van der Waals surface area contributed by atoms with Gasteiger partial charge in [0, 0.05) is 12.1 Å². The van der Waals surface area contributed by atoms with E-state index >= 15 is 0 Å². The van der Waals surface area contributed by atoms with Crippen molar-refractivity contribution in [3.63, 3.8) is 0 Å². The molecule has 0 spiro atoms. The van der Waals surface area contributed by atoms with E-state index in [0.717, 1.165) is 5.75 Å². The third kappa shape index (κ3) is 4.26. The number of para-hydroxylation sites is 2. The molecule has 1 aliphatic heterocycles. The van der Waals surface area contributed by atoms with Crippen LogP contribution in [0.5, 0.6) is 17.2 Å². The van der Waals surface area contributed by atoms with Crippen molar-refractivity contribution < 1.29 is 23.7 Å². The zero-order valence-corrected chi connectivity index (χ0v) is 15.0. The molecule has 2 aromatic rings. The van der Waals surface area contributed by atoms with Crippen LogP contribution in [0.4, 0.5) is 0 Å². The van der Waals surface area contributed by atoms with Gasteiger partial charge < -0.3 is 23.8 Å². The average Bonchev–Trinajstić information content (AvgIpc) is 2.72. The van der Waals surface area contributed by atoms with Crippen molar-refractivity contribution >= 4 is 5.91 Å². The van der Waals surface area contributed by atoms with Crippen molar-refractivity contribution in [2.24, 2.45) is 0 Å². The lowest BCUT2D eigenvalue weighted by Gasteiger charge is -2.33. The molecule has 0 aliphatic carbocycles. The van der Waals surface area contributed by atoms with Crippen LogP contribution in [0.25, 0.3) is 0 Å². The molecule has 1 amide bonds. The number of nitrogens with zero attached hydrogens (tertiary/aromatic N) is 1. The normalized spacial score (nSPS) is 16.8. The smallest absolute Gasteiger partial charge is 0.254 e. The second-order valence-electron chi connectivity index (χ2n) is 5.93. The van der Waals surface area contributed by atoms with Gasteiger partial charge in [-0.2, -0.15) is 0 Å². The van der Waals surface area contributed by atoms with Crippen LogP contribution in [0.2, 0.25) is 0 Å². The van der Waals surface area contributed by atoms with Gasteiger partial charge in [0.25, 0.3) is 5.91 Å². The van der Waals surface area contributed by atoms with Crippen LogP contribution < -0.4 is 14.2 Å². The molecule has 138 valence electrons. The van der Waals surface area contributed by atoms with Gasteiger partial charge in [-0.3, -0.25) is 4.79 Å². The summed E-state index contributed by atoms with van der Waals surface area (Å²) < 4.78 is 22.0. The minimum Gasteiger partial charge on any atom is -0.497 e. The molecular formula is C20H23NO5. The van der Waals surface area contributed by atoms with Crippen LogP contribution in [0.1, 0.15) is 10.4 Å². The molecule has 0 N–H and O–H groups in total. The van der Waals surface area contributed by atoms with Gasteiger partial charge in [0.1, 0.15) is 18.5 Å². The molecule has 6 heteroatoms. The Hall–Kier alpha value is -2.73. The number of amides is 1. The maximum Gasteiger partial charge on any atom is 0.254 e. The summed E-state index contributed by atoms with van der Waals surface area (Å²) in [4.78, 5) is 14.5. The fraction of sp³-hybridized carbons (Fsp3) is 0.350. The van der Waals surface area contributed by atoms with E-state index in [-0.39, 0.29) is 12.0 Å².